The second kappa shape index (κ2) is 10.1. The molecule has 2 aromatic rings. The average Bonchev–Trinajstić information content (AvgIpc) is 3.10. The van der Waals surface area contributed by atoms with Crippen LogP contribution < -0.4 is 10.6 Å². The first kappa shape index (κ1) is 21.8. The van der Waals surface area contributed by atoms with Crippen LogP contribution in [-0.4, -0.2) is 38.0 Å². The molecule has 3 rings (SSSR count). The van der Waals surface area contributed by atoms with Crippen molar-refractivity contribution in [2.45, 2.75) is 65.9 Å². The molecule has 3 N–H and O–H groups in total. The van der Waals surface area contributed by atoms with Gasteiger partial charge in [-0.1, -0.05) is 25.2 Å². The predicted octanol–water partition coefficient (Wildman–Crippen LogP) is 3.25. The van der Waals surface area contributed by atoms with Gasteiger partial charge < -0.3 is 20.3 Å². The van der Waals surface area contributed by atoms with E-state index in [9.17, 15) is 9.59 Å². The normalized spacial score (nSPS) is 18.7. The summed E-state index contributed by atoms with van der Waals surface area (Å²) in [6.07, 6.45) is 1.89. The summed E-state index contributed by atoms with van der Waals surface area (Å²) in [6, 6.07) is 0. The largest absolute Gasteiger partial charge is 0.506 e. The van der Waals surface area contributed by atoms with E-state index >= 15 is 0 Å². The van der Waals surface area contributed by atoms with E-state index in [-0.39, 0.29) is 29.3 Å². The van der Waals surface area contributed by atoms with Crippen molar-refractivity contribution in [1.29, 1.82) is 0 Å². The standard InChI is InChI=1S/C10H12N4O2S.C4H8O3.C2H6/c1-5-2-3-7(16-5)14-8-6(17-10(14)15)4-12-9(11)13-8;1-3(2)7-4(5)6;1-2/h4-5,7H,2-3H2,1H3,(H2,11,12,13);3H,1-2H3,(H,5,6);1-2H3. The second-order valence-corrected chi connectivity index (χ2v) is 6.56. The summed E-state index contributed by atoms with van der Waals surface area (Å²) < 4.78 is 12.2. The van der Waals surface area contributed by atoms with E-state index in [0.29, 0.717) is 5.65 Å². The topological polar surface area (TPSA) is 130 Å². The Bertz CT molecular complexity index is 774. The maximum Gasteiger partial charge on any atom is 0.506 e. The van der Waals surface area contributed by atoms with Gasteiger partial charge in [0.2, 0.25) is 5.95 Å². The lowest BCUT2D eigenvalue weighted by atomic mass is 10.2. The van der Waals surface area contributed by atoms with Crippen LogP contribution in [0.2, 0.25) is 0 Å². The van der Waals surface area contributed by atoms with Gasteiger partial charge in [0, 0.05) is 0 Å². The lowest BCUT2D eigenvalue weighted by Crippen LogP contribution is -2.20. The minimum absolute atomic E-state index is 0.0704. The van der Waals surface area contributed by atoms with E-state index in [1.807, 2.05) is 20.8 Å². The highest BCUT2D eigenvalue weighted by molar-refractivity contribution is 7.16. The maximum absolute atomic E-state index is 11.9. The van der Waals surface area contributed by atoms with Gasteiger partial charge in [-0.25, -0.2) is 9.78 Å². The van der Waals surface area contributed by atoms with Crippen molar-refractivity contribution in [3.8, 4) is 0 Å². The van der Waals surface area contributed by atoms with Crippen molar-refractivity contribution in [2.75, 3.05) is 5.73 Å². The van der Waals surface area contributed by atoms with Crippen molar-refractivity contribution in [2.24, 2.45) is 0 Å². The minimum Gasteiger partial charge on any atom is -0.450 e. The van der Waals surface area contributed by atoms with Crippen molar-refractivity contribution in [1.82, 2.24) is 14.5 Å². The number of aromatic nitrogens is 3. The molecule has 2 unspecified atom stereocenters. The van der Waals surface area contributed by atoms with E-state index in [4.69, 9.17) is 15.6 Å². The van der Waals surface area contributed by atoms with Gasteiger partial charge in [-0.05, 0) is 33.6 Å². The molecule has 10 heteroatoms. The summed E-state index contributed by atoms with van der Waals surface area (Å²) in [5.41, 5.74) is 6.13. The highest BCUT2D eigenvalue weighted by Gasteiger charge is 2.27. The predicted molar refractivity (Wildman–Crippen MR) is 100 cm³/mol. The number of carboxylic acid groups (broad SMARTS) is 1. The molecule has 0 amide bonds. The highest BCUT2D eigenvalue weighted by atomic mass is 32.1. The first-order valence-corrected chi connectivity index (χ1v) is 9.28. The van der Waals surface area contributed by atoms with E-state index in [1.54, 1.807) is 24.6 Å². The van der Waals surface area contributed by atoms with Crippen molar-refractivity contribution in [3.05, 3.63) is 15.9 Å². The number of nitrogen functional groups attached to an aromatic ring is 1. The number of anilines is 1. The molecule has 1 fully saturated rings. The minimum atomic E-state index is -1.21. The summed E-state index contributed by atoms with van der Waals surface area (Å²) in [6.45, 7) is 9.32. The molecule has 26 heavy (non-hydrogen) atoms. The Labute approximate surface area is 155 Å². The molecule has 1 aliphatic heterocycles. The summed E-state index contributed by atoms with van der Waals surface area (Å²) in [4.78, 5) is 29.5. The van der Waals surface area contributed by atoms with Gasteiger partial charge >= 0.3 is 11.0 Å². The van der Waals surface area contributed by atoms with Gasteiger partial charge in [-0.2, -0.15) is 4.98 Å². The van der Waals surface area contributed by atoms with E-state index in [0.717, 1.165) is 28.9 Å². The van der Waals surface area contributed by atoms with Gasteiger partial charge in [-0.15, -0.1) is 0 Å². The van der Waals surface area contributed by atoms with Crippen LogP contribution in [0.15, 0.2) is 11.0 Å². The zero-order valence-corrected chi connectivity index (χ0v) is 16.4. The number of carbonyl (C=O) groups is 1. The Kier molecular flexibility index (Phi) is 8.46. The third kappa shape index (κ3) is 5.95. The fourth-order valence-corrected chi connectivity index (χ4v) is 3.11. The number of hydrogen-bond acceptors (Lipinski definition) is 8. The third-order valence-electron chi connectivity index (χ3n) is 3.21. The molecule has 0 bridgehead atoms. The monoisotopic (exact) mass is 386 g/mol. The van der Waals surface area contributed by atoms with Gasteiger partial charge in [0.05, 0.1) is 23.1 Å². The first-order valence-electron chi connectivity index (χ1n) is 8.46. The fraction of sp³-hybridized carbons (Fsp3) is 0.625. The van der Waals surface area contributed by atoms with E-state index < -0.39 is 6.16 Å². The van der Waals surface area contributed by atoms with Crippen LogP contribution in [0.4, 0.5) is 10.7 Å². The average molecular weight is 386 g/mol. The Hall–Kier alpha value is -2.20. The smallest absolute Gasteiger partial charge is 0.450 e. The molecule has 9 nitrogen and oxygen atoms in total. The quantitative estimate of drug-likeness (QED) is 0.752. The van der Waals surface area contributed by atoms with E-state index in [1.165, 1.54) is 0 Å². The van der Waals surface area contributed by atoms with Crippen LogP contribution in [0.3, 0.4) is 0 Å². The molecule has 0 spiro atoms. The van der Waals surface area contributed by atoms with Crippen molar-refractivity contribution in [3.63, 3.8) is 0 Å². The zero-order valence-electron chi connectivity index (χ0n) is 15.6. The zero-order chi connectivity index (χ0) is 19.9. The molecule has 2 atom stereocenters. The van der Waals surface area contributed by atoms with Gasteiger partial charge in [0.1, 0.15) is 6.23 Å². The Morgan fingerprint density at radius 2 is 2.12 bits per heavy atom. The van der Waals surface area contributed by atoms with Crippen molar-refractivity contribution < 1.29 is 19.4 Å². The molecule has 0 aliphatic carbocycles. The van der Waals surface area contributed by atoms with Crippen LogP contribution in [0.5, 0.6) is 0 Å². The third-order valence-corrected chi connectivity index (χ3v) is 4.09. The summed E-state index contributed by atoms with van der Waals surface area (Å²) in [7, 11) is 0. The molecule has 0 aromatic carbocycles. The Morgan fingerprint density at radius 1 is 1.46 bits per heavy atom. The fourth-order valence-electron chi connectivity index (χ4n) is 2.28. The number of fused-ring (bicyclic) bond motifs is 1. The number of ether oxygens (including phenoxy) is 2. The molecule has 0 saturated carbocycles. The molecule has 3 heterocycles. The second-order valence-electron chi connectivity index (χ2n) is 5.57. The highest BCUT2D eigenvalue weighted by Crippen LogP contribution is 2.30. The molecule has 0 radical (unpaired) electrons. The number of rotatable bonds is 2. The van der Waals surface area contributed by atoms with Gasteiger partial charge in [-0.3, -0.25) is 9.36 Å². The summed E-state index contributed by atoms with van der Waals surface area (Å²) >= 11 is 1.12. The summed E-state index contributed by atoms with van der Waals surface area (Å²) in [5, 5.41) is 7.86. The number of hydrogen-bond donors (Lipinski definition) is 2. The van der Waals surface area contributed by atoms with Gasteiger partial charge in [0.25, 0.3) is 0 Å². The molecule has 146 valence electrons. The van der Waals surface area contributed by atoms with Crippen LogP contribution >= 0.6 is 11.3 Å². The lowest BCUT2D eigenvalue weighted by molar-refractivity contribution is 0.0122. The number of nitrogens with two attached hydrogens (primary N) is 1. The van der Waals surface area contributed by atoms with Crippen LogP contribution in [0, 0.1) is 0 Å². The molecule has 1 saturated heterocycles. The molecular formula is C16H26N4O5S. The van der Waals surface area contributed by atoms with Crippen LogP contribution in [-0.2, 0) is 9.47 Å². The van der Waals surface area contributed by atoms with E-state index in [2.05, 4.69) is 14.7 Å². The molecular weight excluding hydrogens is 360 g/mol. The van der Waals surface area contributed by atoms with Crippen LogP contribution in [0.1, 0.15) is 53.7 Å². The number of thiazole rings is 1. The van der Waals surface area contributed by atoms with Crippen LogP contribution in [0.25, 0.3) is 10.3 Å². The SMILES string of the molecule is CC.CC(C)OC(=O)O.CC1CCC(n2c(=O)sc3cnc(N)nc32)O1. The maximum atomic E-state index is 11.9. The first-order chi connectivity index (χ1) is 12.3. The summed E-state index contributed by atoms with van der Waals surface area (Å²) in [5.74, 6) is 0.176. The molecule has 1 aliphatic rings. The number of nitrogens with zero attached hydrogens (tertiary/aromatic N) is 3. The Balaban J connectivity index is 0.000000321. The molecule has 2 aromatic heterocycles. The Morgan fingerprint density at radius 3 is 2.58 bits per heavy atom. The van der Waals surface area contributed by atoms with Crippen molar-refractivity contribution >= 4 is 33.8 Å². The van der Waals surface area contributed by atoms with Gasteiger partial charge in [0.15, 0.2) is 5.65 Å². The lowest BCUT2D eigenvalue weighted by Gasteiger charge is -2.12.